The van der Waals surface area contributed by atoms with Gasteiger partial charge in [-0.15, -0.1) is 0 Å². The Morgan fingerprint density at radius 3 is 2.55 bits per heavy atom. The summed E-state index contributed by atoms with van der Waals surface area (Å²) < 4.78 is 5.32. The lowest BCUT2D eigenvalue weighted by Gasteiger charge is -2.21. The normalized spacial score (nSPS) is 13.3. The summed E-state index contributed by atoms with van der Waals surface area (Å²) in [6.45, 7) is 6.27. The molecule has 1 aliphatic carbocycles. The molecule has 0 fully saturated rings. The Morgan fingerprint density at radius 1 is 1.10 bits per heavy atom. The fraction of sp³-hybridized carbons (Fsp3) is 0.391. The van der Waals surface area contributed by atoms with Crippen LogP contribution in [0.15, 0.2) is 42.5 Å². The molecule has 0 saturated carbocycles. The highest BCUT2D eigenvalue weighted by atomic mass is 16.6. The van der Waals surface area contributed by atoms with Gasteiger partial charge in [-0.05, 0) is 52.5 Å². The molecule has 0 spiro atoms. The molecule has 3 rings (SSSR count). The van der Waals surface area contributed by atoms with E-state index >= 15 is 0 Å². The van der Waals surface area contributed by atoms with Crippen LogP contribution in [0.2, 0.25) is 0 Å². The first-order valence-electron chi connectivity index (χ1n) is 9.85. The lowest BCUT2D eigenvalue weighted by Crippen LogP contribution is -2.48. The van der Waals surface area contributed by atoms with Crippen molar-refractivity contribution in [1.82, 2.24) is 10.9 Å². The first-order chi connectivity index (χ1) is 13.7. The first kappa shape index (κ1) is 20.9. The monoisotopic (exact) mass is 396 g/mol. The molecule has 0 radical (unpaired) electrons. The smallest absolute Gasteiger partial charge is 0.421 e. The molecular formula is C23H28N2O4. The number of fused-ring (bicyclic) bond motifs is 3. The zero-order valence-electron chi connectivity index (χ0n) is 17.1. The fourth-order valence-corrected chi connectivity index (χ4v) is 3.52. The highest BCUT2D eigenvalue weighted by molar-refractivity contribution is 5.78. The third-order valence-electron chi connectivity index (χ3n) is 5.14. The zero-order valence-corrected chi connectivity index (χ0v) is 17.1. The van der Waals surface area contributed by atoms with Crippen LogP contribution < -0.4 is 10.9 Å². The summed E-state index contributed by atoms with van der Waals surface area (Å²) in [5.41, 5.74) is 10.7. The summed E-state index contributed by atoms with van der Waals surface area (Å²) in [7, 11) is 0. The van der Waals surface area contributed by atoms with Gasteiger partial charge >= 0.3 is 12.1 Å². The average Bonchev–Trinajstić information content (AvgIpc) is 3.04. The molecule has 0 heterocycles. The lowest BCUT2D eigenvalue weighted by atomic mass is 9.89. The van der Waals surface area contributed by atoms with Crippen molar-refractivity contribution in [3.8, 4) is 11.1 Å². The summed E-state index contributed by atoms with van der Waals surface area (Å²) in [4.78, 5) is 23.5. The molecule has 2 aromatic rings. The summed E-state index contributed by atoms with van der Waals surface area (Å²) >= 11 is 0. The number of hydrazine groups is 1. The van der Waals surface area contributed by atoms with Crippen LogP contribution >= 0.6 is 0 Å². The van der Waals surface area contributed by atoms with E-state index in [-0.39, 0.29) is 12.0 Å². The maximum absolute atomic E-state index is 12.1. The van der Waals surface area contributed by atoms with Gasteiger partial charge in [0.25, 0.3) is 0 Å². The molecule has 0 saturated heterocycles. The Kier molecular flexibility index (Phi) is 6.23. The number of aliphatic carboxylic acids is 1. The van der Waals surface area contributed by atoms with E-state index in [1.54, 1.807) is 0 Å². The number of carboxylic acids is 1. The second kappa shape index (κ2) is 8.66. The van der Waals surface area contributed by atoms with E-state index in [4.69, 9.17) is 4.74 Å². The van der Waals surface area contributed by atoms with Gasteiger partial charge in [0.15, 0.2) is 0 Å². The van der Waals surface area contributed by atoms with Crippen LogP contribution in [0.4, 0.5) is 4.79 Å². The fourth-order valence-electron chi connectivity index (χ4n) is 3.52. The third kappa shape index (κ3) is 5.35. The molecule has 0 aliphatic heterocycles. The molecule has 6 nitrogen and oxygen atoms in total. The SMILES string of the molecule is CC(C)(C)CCC(NNC(=O)OCc1cccc2c1Cc1ccccc1-2)C(=O)O. The van der Waals surface area contributed by atoms with Crippen molar-refractivity contribution in [2.24, 2.45) is 5.41 Å². The van der Waals surface area contributed by atoms with E-state index < -0.39 is 18.1 Å². The van der Waals surface area contributed by atoms with Crippen molar-refractivity contribution >= 4 is 12.1 Å². The van der Waals surface area contributed by atoms with Crippen LogP contribution in [-0.2, 0) is 22.6 Å². The lowest BCUT2D eigenvalue weighted by molar-refractivity contribution is -0.140. The predicted octanol–water partition coefficient (Wildman–Crippen LogP) is 4.27. The van der Waals surface area contributed by atoms with E-state index in [0.717, 1.165) is 12.0 Å². The van der Waals surface area contributed by atoms with Crippen molar-refractivity contribution in [3.63, 3.8) is 0 Å². The van der Waals surface area contributed by atoms with Crippen molar-refractivity contribution in [1.29, 1.82) is 0 Å². The maximum atomic E-state index is 12.1. The van der Waals surface area contributed by atoms with Crippen molar-refractivity contribution in [2.75, 3.05) is 0 Å². The minimum atomic E-state index is -1.01. The number of benzene rings is 2. The Hall–Kier alpha value is -2.86. The molecule has 3 N–H and O–H groups in total. The summed E-state index contributed by atoms with van der Waals surface area (Å²) in [6, 6.07) is 13.4. The minimum absolute atomic E-state index is 0.0150. The van der Waals surface area contributed by atoms with Gasteiger partial charge in [0, 0.05) is 0 Å². The number of carbonyl (C=O) groups is 2. The van der Waals surface area contributed by atoms with E-state index in [9.17, 15) is 14.7 Å². The average molecular weight is 396 g/mol. The maximum Gasteiger partial charge on any atom is 0.421 e. The summed E-state index contributed by atoms with van der Waals surface area (Å²) in [6.07, 6.45) is 1.24. The number of amides is 1. The van der Waals surface area contributed by atoms with Crippen LogP contribution in [0.3, 0.4) is 0 Å². The van der Waals surface area contributed by atoms with Crippen molar-refractivity contribution in [2.45, 2.75) is 52.7 Å². The quantitative estimate of drug-likeness (QED) is 0.519. The van der Waals surface area contributed by atoms with Gasteiger partial charge in [-0.3, -0.25) is 10.2 Å². The molecular weight excluding hydrogens is 368 g/mol. The molecule has 1 atom stereocenters. The number of carboxylic acid groups (broad SMARTS) is 1. The molecule has 0 bridgehead atoms. The van der Waals surface area contributed by atoms with E-state index in [1.807, 2.05) is 45.0 Å². The van der Waals surface area contributed by atoms with Crippen LogP contribution in [0.1, 0.15) is 50.3 Å². The second-order valence-electron chi connectivity index (χ2n) is 8.61. The van der Waals surface area contributed by atoms with Crippen molar-refractivity contribution < 1.29 is 19.4 Å². The standard InChI is InChI=1S/C23H28N2O4/c1-23(2,3)12-11-20(21(26)27)24-25-22(28)29-14-16-8-6-10-18-17-9-5-4-7-15(17)13-19(16)18/h4-10,20,24H,11-14H2,1-3H3,(H,25,28)(H,26,27). The molecule has 2 aromatic carbocycles. The third-order valence-corrected chi connectivity index (χ3v) is 5.14. The number of ether oxygens (including phenoxy) is 1. The van der Waals surface area contributed by atoms with Gasteiger partial charge < -0.3 is 9.84 Å². The number of carbonyl (C=O) groups excluding carboxylic acids is 1. The van der Waals surface area contributed by atoms with Crippen LogP contribution in [0, 0.1) is 5.41 Å². The molecule has 154 valence electrons. The zero-order chi connectivity index (χ0) is 21.0. The summed E-state index contributed by atoms with van der Waals surface area (Å²) in [5, 5.41) is 9.33. The van der Waals surface area contributed by atoms with E-state index in [2.05, 4.69) is 29.1 Å². The van der Waals surface area contributed by atoms with Gasteiger partial charge in [-0.2, -0.15) is 0 Å². The Morgan fingerprint density at radius 2 is 1.83 bits per heavy atom. The van der Waals surface area contributed by atoms with Crippen molar-refractivity contribution in [3.05, 3.63) is 59.2 Å². The van der Waals surface area contributed by atoms with Crippen LogP contribution in [0.25, 0.3) is 11.1 Å². The Balaban J connectivity index is 1.55. The topological polar surface area (TPSA) is 87.7 Å². The molecule has 0 aromatic heterocycles. The summed E-state index contributed by atoms with van der Waals surface area (Å²) in [5.74, 6) is -1.01. The highest BCUT2D eigenvalue weighted by Crippen LogP contribution is 2.38. The number of hydrogen-bond acceptors (Lipinski definition) is 4. The molecule has 1 amide bonds. The van der Waals surface area contributed by atoms with Crippen LogP contribution in [-0.4, -0.2) is 23.2 Å². The molecule has 29 heavy (non-hydrogen) atoms. The largest absolute Gasteiger partial charge is 0.480 e. The van der Waals surface area contributed by atoms with Gasteiger partial charge in [-0.25, -0.2) is 10.2 Å². The first-order valence-corrected chi connectivity index (χ1v) is 9.85. The van der Waals surface area contributed by atoms with Gasteiger partial charge in [0.1, 0.15) is 12.6 Å². The molecule has 6 heteroatoms. The van der Waals surface area contributed by atoms with Crippen LogP contribution in [0.5, 0.6) is 0 Å². The predicted molar refractivity (Wildman–Crippen MR) is 111 cm³/mol. The molecule has 1 aliphatic rings. The van der Waals surface area contributed by atoms with E-state index in [1.165, 1.54) is 22.3 Å². The van der Waals surface area contributed by atoms with E-state index in [0.29, 0.717) is 12.8 Å². The number of nitrogens with one attached hydrogen (secondary N) is 2. The Bertz CT molecular complexity index is 902. The van der Waals surface area contributed by atoms with Gasteiger partial charge in [0.2, 0.25) is 0 Å². The molecule has 1 unspecified atom stereocenters. The number of hydrogen-bond donors (Lipinski definition) is 3. The highest BCUT2D eigenvalue weighted by Gasteiger charge is 2.23. The Labute approximate surface area is 171 Å². The number of rotatable bonds is 7. The second-order valence-corrected chi connectivity index (χ2v) is 8.61. The minimum Gasteiger partial charge on any atom is -0.480 e. The van der Waals surface area contributed by atoms with Gasteiger partial charge in [-0.1, -0.05) is 63.2 Å². The van der Waals surface area contributed by atoms with Gasteiger partial charge in [0.05, 0.1) is 0 Å².